The van der Waals surface area contributed by atoms with E-state index < -0.39 is 0 Å². The molecule has 0 unspecified atom stereocenters. The quantitative estimate of drug-likeness (QED) is 0.877. The number of piperidine rings is 1. The third-order valence-electron chi connectivity index (χ3n) is 3.14. The van der Waals surface area contributed by atoms with Crippen molar-refractivity contribution in [3.05, 3.63) is 5.28 Å². The van der Waals surface area contributed by atoms with Gasteiger partial charge in [0.1, 0.15) is 0 Å². The van der Waals surface area contributed by atoms with Gasteiger partial charge in [0.25, 0.3) is 0 Å². The molecule has 0 bridgehead atoms. The SMILES string of the molecule is CN(C)c1nc(Cl)nc(N2CCC(CO)CC2)n1. The summed E-state index contributed by atoms with van der Waals surface area (Å²) >= 11 is 5.91. The molecule has 1 fully saturated rings. The van der Waals surface area contributed by atoms with Crippen LogP contribution < -0.4 is 9.80 Å². The lowest BCUT2D eigenvalue weighted by molar-refractivity contribution is 0.202. The first-order valence-corrected chi connectivity index (χ1v) is 6.42. The van der Waals surface area contributed by atoms with Crippen LogP contribution in [0.2, 0.25) is 5.28 Å². The van der Waals surface area contributed by atoms with Gasteiger partial charge in [0.2, 0.25) is 17.2 Å². The zero-order valence-corrected chi connectivity index (χ0v) is 11.4. The number of halogens is 1. The van der Waals surface area contributed by atoms with E-state index in [1.807, 2.05) is 14.1 Å². The maximum atomic E-state index is 9.12. The van der Waals surface area contributed by atoms with Crippen LogP contribution in [0.1, 0.15) is 12.8 Å². The molecule has 18 heavy (non-hydrogen) atoms. The number of nitrogens with zero attached hydrogens (tertiary/aromatic N) is 5. The van der Waals surface area contributed by atoms with Crippen LogP contribution in [0.15, 0.2) is 0 Å². The monoisotopic (exact) mass is 271 g/mol. The Morgan fingerprint density at radius 2 is 1.94 bits per heavy atom. The van der Waals surface area contributed by atoms with Crippen molar-refractivity contribution in [3.8, 4) is 0 Å². The van der Waals surface area contributed by atoms with Crippen molar-refractivity contribution in [2.45, 2.75) is 12.8 Å². The maximum absolute atomic E-state index is 9.12. The third-order valence-corrected chi connectivity index (χ3v) is 3.31. The normalized spacial score (nSPS) is 17.0. The molecule has 1 aromatic rings. The summed E-state index contributed by atoms with van der Waals surface area (Å²) < 4.78 is 0. The molecule has 1 aliphatic rings. The zero-order valence-electron chi connectivity index (χ0n) is 10.7. The number of hydrogen-bond acceptors (Lipinski definition) is 6. The predicted octanol–water partition coefficient (Wildman–Crippen LogP) is 0.800. The summed E-state index contributed by atoms with van der Waals surface area (Å²) in [6, 6.07) is 0. The van der Waals surface area contributed by atoms with Crippen LogP contribution in [0.3, 0.4) is 0 Å². The van der Waals surface area contributed by atoms with E-state index in [1.165, 1.54) is 0 Å². The van der Waals surface area contributed by atoms with Gasteiger partial charge in [-0.25, -0.2) is 0 Å². The lowest BCUT2D eigenvalue weighted by Gasteiger charge is -2.31. The Balaban J connectivity index is 2.13. The van der Waals surface area contributed by atoms with Crippen LogP contribution in [-0.2, 0) is 0 Å². The Kier molecular flexibility index (Phi) is 4.19. The Labute approximate surface area is 112 Å². The number of aliphatic hydroxyl groups excluding tert-OH is 1. The molecule has 1 aromatic heterocycles. The average Bonchev–Trinajstić information content (AvgIpc) is 2.38. The van der Waals surface area contributed by atoms with E-state index in [1.54, 1.807) is 4.90 Å². The molecule has 7 heteroatoms. The molecule has 0 radical (unpaired) electrons. The minimum atomic E-state index is 0.216. The second-order valence-electron chi connectivity index (χ2n) is 4.71. The highest BCUT2D eigenvalue weighted by Gasteiger charge is 2.21. The molecule has 1 aliphatic heterocycles. The first kappa shape index (κ1) is 13.3. The van der Waals surface area contributed by atoms with E-state index in [0.29, 0.717) is 17.8 Å². The second kappa shape index (κ2) is 5.67. The lowest BCUT2D eigenvalue weighted by Crippen LogP contribution is -2.36. The first-order valence-electron chi connectivity index (χ1n) is 6.05. The minimum Gasteiger partial charge on any atom is -0.396 e. The van der Waals surface area contributed by atoms with Gasteiger partial charge < -0.3 is 14.9 Å². The number of aliphatic hydroxyl groups is 1. The fourth-order valence-corrected chi connectivity index (χ4v) is 2.14. The molecule has 0 spiro atoms. The van der Waals surface area contributed by atoms with Crippen molar-refractivity contribution in [2.75, 3.05) is 43.6 Å². The van der Waals surface area contributed by atoms with E-state index in [0.717, 1.165) is 25.9 Å². The molecule has 6 nitrogen and oxygen atoms in total. The second-order valence-corrected chi connectivity index (χ2v) is 5.05. The van der Waals surface area contributed by atoms with E-state index in [-0.39, 0.29) is 11.9 Å². The summed E-state index contributed by atoms with van der Waals surface area (Å²) in [5, 5.41) is 9.34. The molecule has 0 saturated carbocycles. The van der Waals surface area contributed by atoms with E-state index in [2.05, 4.69) is 19.9 Å². The van der Waals surface area contributed by atoms with Gasteiger partial charge in [-0.2, -0.15) is 15.0 Å². The third kappa shape index (κ3) is 3.00. The van der Waals surface area contributed by atoms with Crippen LogP contribution in [0, 0.1) is 5.92 Å². The Bertz CT molecular complexity index is 406. The lowest BCUT2D eigenvalue weighted by atomic mass is 9.98. The molecule has 0 aliphatic carbocycles. The van der Waals surface area contributed by atoms with Crippen LogP contribution in [-0.4, -0.2) is 53.9 Å². The van der Waals surface area contributed by atoms with Crippen molar-refractivity contribution in [2.24, 2.45) is 5.92 Å². The number of aromatic nitrogens is 3. The summed E-state index contributed by atoms with van der Waals surface area (Å²) in [5.74, 6) is 1.58. The topological polar surface area (TPSA) is 65.4 Å². The minimum absolute atomic E-state index is 0.216. The molecule has 1 N–H and O–H groups in total. The zero-order chi connectivity index (χ0) is 13.1. The summed E-state index contributed by atoms with van der Waals surface area (Å²) in [7, 11) is 3.74. The van der Waals surface area contributed by atoms with Gasteiger partial charge in [0, 0.05) is 33.8 Å². The standard InChI is InChI=1S/C11H18ClN5O/c1-16(2)10-13-9(12)14-11(15-10)17-5-3-8(7-18)4-6-17/h8,18H,3-7H2,1-2H3. The Morgan fingerprint density at radius 1 is 1.28 bits per heavy atom. The van der Waals surface area contributed by atoms with Gasteiger partial charge in [0.05, 0.1) is 0 Å². The van der Waals surface area contributed by atoms with Crippen LogP contribution in [0.25, 0.3) is 0 Å². The van der Waals surface area contributed by atoms with Crippen LogP contribution in [0.4, 0.5) is 11.9 Å². The number of anilines is 2. The highest BCUT2D eigenvalue weighted by atomic mass is 35.5. The molecule has 0 atom stereocenters. The van der Waals surface area contributed by atoms with Crippen molar-refractivity contribution >= 4 is 23.5 Å². The highest BCUT2D eigenvalue weighted by Crippen LogP contribution is 2.22. The van der Waals surface area contributed by atoms with Crippen molar-refractivity contribution in [1.82, 2.24) is 15.0 Å². The summed E-state index contributed by atoms with van der Waals surface area (Å²) in [4.78, 5) is 16.5. The molecule has 100 valence electrons. The number of hydrogen-bond donors (Lipinski definition) is 1. The van der Waals surface area contributed by atoms with E-state index >= 15 is 0 Å². The largest absolute Gasteiger partial charge is 0.396 e. The van der Waals surface area contributed by atoms with Crippen LogP contribution in [0.5, 0.6) is 0 Å². The van der Waals surface area contributed by atoms with Gasteiger partial charge in [-0.3, -0.25) is 0 Å². The first-order chi connectivity index (χ1) is 8.60. The van der Waals surface area contributed by atoms with Gasteiger partial charge in [-0.1, -0.05) is 0 Å². The van der Waals surface area contributed by atoms with Crippen molar-refractivity contribution in [1.29, 1.82) is 0 Å². The highest BCUT2D eigenvalue weighted by molar-refractivity contribution is 6.28. The van der Waals surface area contributed by atoms with Crippen molar-refractivity contribution < 1.29 is 5.11 Å². The fourth-order valence-electron chi connectivity index (χ4n) is 1.99. The Morgan fingerprint density at radius 3 is 2.50 bits per heavy atom. The van der Waals surface area contributed by atoms with Gasteiger partial charge >= 0.3 is 0 Å². The van der Waals surface area contributed by atoms with Gasteiger partial charge in [-0.05, 0) is 30.4 Å². The molecule has 1 saturated heterocycles. The van der Waals surface area contributed by atoms with Gasteiger partial charge in [-0.15, -0.1) is 0 Å². The van der Waals surface area contributed by atoms with E-state index in [9.17, 15) is 0 Å². The Hall–Kier alpha value is -1.14. The maximum Gasteiger partial charge on any atom is 0.231 e. The molecule has 2 rings (SSSR count). The van der Waals surface area contributed by atoms with Gasteiger partial charge in [0.15, 0.2) is 0 Å². The summed E-state index contributed by atoms with van der Waals surface area (Å²) in [6.45, 7) is 1.95. The van der Waals surface area contributed by atoms with E-state index in [4.69, 9.17) is 16.7 Å². The molecular weight excluding hydrogens is 254 g/mol. The molecule has 2 heterocycles. The predicted molar refractivity (Wildman–Crippen MR) is 71.2 cm³/mol. The molecule has 0 aromatic carbocycles. The molecule has 0 amide bonds. The summed E-state index contributed by atoms with van der Waals surface area (Å²) in [6.07, 6.45) is 1.91. The van der Waals surface area contributed by atoms with Crippen LogP contribution >= 0.6 is 11.6 Å². The average molecular weight is 272 g/mol. The number of rotatable bonds is 3. The fraction of sp³-hybridized carbons (Fsp3) is 0.727. The smallest absolute Gasteiger partial charge is 0.231 e. The molecular formula is C11H18ClN5O. The summed E-state index contributed by atoms with van der Waals surface area (Å²) in [5.41, 5.74) is 0. The van der Waals surface area contributed by atoms with Crippen molar-refractivity contribution in [3.63, 3.8) is 0 Å².